The van der Waals surface area contributed by atoms with Crippen molar-refractivity contribution >= 4 is 5.69 Å². The molecule has 0 bridgehead atoms. The molecule has 2 aliphatic heterocycles. The summed E-state index contributed by atoms with van der Waals surface area (Å²) in [6, 6.07) is 15.3. The predicted octanol–water partition coefficient (Wildman–Crippen LogP) is 6.19. The average molecular weight is 480 g/mol. The molecule has 5 nitrogen and oxygen atoms in total. The normalized spacial score (nSPS) is 26.2. The molecule has 1 saturated carbocycles. The second-order valence-corrected chi connectivity index (χ2v) is 10.7. The number of piperidine rings is 1. The van der Waals surface area contributed by atoms with Crippen molar-refractivity contribution in [3.05, 3.63) is 59.2 Å². The van der Waals surface area contributed by atoms with E-state index < -0.39 is 0 Å². The van der Waals surface area contributed by atoms with Gasteiger partial charge >= 0.3 is 0 Å². The first-order valence-electron chi connectivity index (χ1n) is 13.4. The van der Waals surface area contributed by atoms with E-state index in [9.17, 15) is 5.11 Å². The molecule has 3 aliphatic rings. The molecule has 1 unspecified atom stereocenters. The van der Waals surface area contributed by atoms with Crippen molar-refractivity contribution in [3.8, 4) is 5.75 Å². The Labute approximate surface area is 210 Å². The highest BCUT2D eigenvalue weighted by Gasteiger charge is 2.47. The number of methoxy groups -OCH3 is 2. The van der Waals surface area contributed by atoms with Crippen molar-refractivity contribution in [1.29, 1.82) is 0 Å². The molecule has 5 rings (SSSR count). The van der Waals surface area contributed by atoms with E-state index in [-0.39, 0.29) is 17.8 Å². The van der Waals surface area contributed by atoms with Crippen LogP contribution >= 0.6 is 0 Å². The molecule has 2 atom stereocenters. The maximum atomic E-state index is 10.2. The van der Waals surface area contributed by atoms with Gasteiger partial charge in [-0.2, -0.15) is 0 Å². The number of nitrogens with zero attached hydrogens (tertiary/aromatic N) is 1. The maximum absolute atomic E-state index is 10.2. The average Bonchev–Trinajstić information content (AvgIpc) is 2.91. The number of hydrogen-bond acceptors (Lipinski definition) is 5. The standard InChI is InChI=1S/C30H41NO4/c1-21-27-19-26(32)13-14-28(27)30(20-35-21,23-7-5-4-6-8-23)24-9-11-25(12-10-24)31-17-15-22(16-18-31)29(33-2)34-3/h9-14,19,21-23,29,32H,4-8,15-18,20H2,1-3H3/t21?,30-/m0/s1. The number of rotatable bonds is 6. The van der Waals surface area contributed by atoms with E-state index in [4.69, 9.17) is 14.2 Å². The van der Waals surface area contributed by atoms with Crippen molar-refractivity contribution in [2.24, 2.45) is 11.8 Å². The summed E-state index contributed by atoms with van der Waals surface area (Å²) in [5.41, 5.74) is 4.96. The van der Waals surface area contributed by atoms with Gasteiger partial charge in [-0.05, 0) is 79.5 Å². The van der Waals surface area contributed by atoms with Crippen molar-refractivity contribution in [2.45, 2.75) is 69.7 Å². The summed E-state index contributed by atoms with van der Waals surface area (Å²) in [5, 5.41) is 10.2. The van der Waals surface area contributed by atoms with Gasteiger partial charge in [-0.25, -0.2) is 0 Å². The first kappa shape index (κ1) is 24.6. The zero-order chi connectivity index (χ0) is 24.4. The van der Waals surface area contributed by atoms with Gasteiger partial charge in [0.2, 0.25) is 0 Å². The SMILES string of the molecule is COC(OC)C1CCN(c2ccc([C@@]3(C4CCCCC4)COC(C)c4cc(O)ccc43)cc2)CC1. The second-order valence-electron chi connectivity index (χ2n) is 10.7. The van der Waals surface area contributed by atoms with Crippen LogP contribution in [0.3, 0.4) is 0 Å². The van der Waals surface area contributed by atoms with E-state index in [1.165, 1.54) is 48.9 Å². The van der Waals surface area contributed by atoms with Gasteiger partial charge in [0.1, 0.15) is 5.75 Å². The van der Waals surface area contributed by atoms with Gasteiger partial charge < -0.3 is 24.2 Å². The summed E-state index contributed by atoms with van der Waals surface area (Å²) < 4.78 is 17.5. The van der Waals surface area contributed by atoms with Crippen LogP contribution in [0.25, 0.3) is 0 Å². The highest BCUT2D eigenvalue weighted by atomic mass is 16.7. The topological polar surface area (TPSA) is 51.2 Å². The molecule has 1 aliphatic carbocycles. The number of aromatic hydroxyl groups is 1. The summed E-state index contributed by atoms with van der Waals surface area (Å²) in [4.78, 5) is 2.49. The second kappa shape index (κ2) is 10.5. The first-order valence-corrected chi connectivity index (χ1v) is 13.4. The zero-order valence-corrected chi connectivity index (χ0v) is 21.5. The third-order valence-electron chi connectivity index (χ3n) is 8.95. The fourth-order valence-electron chi connectivity index (χ4n) is 7.01. The summed E-state index contributed by atoms with van der Waals surface area (Å²) >= 11 is 0. The van der Waals surface area contributed by atoms with Gasteiger partial charge in [0.25, 0.3) is 0 Å². The highest BCUT2D eigenvalue weighted by molar-refractivity contribution is 5.54. The van der Waals surface area contributed by atoms with Crippen molar-refractivity contribution in [1.82, 2.24) is 0 Å². The number of phenolic OH excluding ortho intramolecular Hbond substituents is 1. The monoisotopic (exact) mass is 479 g/mol. The Hall–Kier alpha value is -2.08. The van der Waals surface area contributed by atoms with Crippen LogP contribution in [0.4, 0.5) is 5.69 Å². The molecular weight excluding hydrogens is 438 g/mol. The Kier molecular flexibility index (Phi) is 7.38. The van der Waals surface area contributed by atoms with Crippen molar-refractivity contribution < 1.29 is 19.3 Å². The molecular formula is C30H41NO4. The summed E-state index contributed by atoms with van der Waals surface area (Å²) in [5.74, 6) is 1.32. The molecule has 0 amide bonds. The molecule has 2 heterocycles. The fourth-order valence-corrected chi connectivity index (χ4v) is 7.01. The smallest absolute Gasteiger partial charge is 0.159 e. The van der Waals surface area contributed by atoms with Gasteiger partial charge in [0.05, 0.1) is 12.7 Å². The minimum Gasteiger partial charge on any atom is -0.508 e. The Balaban J connectivity index is 1.44. The largest absolute Gasteiger partial charge is 0.508 e. The van der Waals surface area contributed by atoms with E-state index in [1.54, 1.807) is 14.2 Å². The summed E-state index contributed by atoms with van der Waals surface area (Å²) in [6.07, 6.45) is 8.39. The molecule has 0 spiro atoms. The molecule has 0 radical (unpaired) electrons. The maximum Gasteiger partial charge on any atom is 0.159 e. The molecule has 1 N–H and O–H groups in total. The van der Waals surface area contributed by atoms with Crippen LogP contribution in [0.5, 0.6) is 5.75 Å². The first-order chi connectivity index (χ1) is 17.1. The Morgan fingerprint density at radius 3 is 2.29 bits per heavy atom. The fraction of sp³-hybridized carbons (Fsp3) is 0.600. The van der Waals surface area contributed by atoms with Crippen LogP contribution in [-0.2, 0) is 19.6 Å². The Morgan fingerprint density at radius 2 is 1.63 bits per heavy atom. The van der Waals surface area contributed by atoms with E-state index >= 15 is 0 Å². The van der Waals surface area contributed by atoms with Crippen LogP contribution < -0.4 is 4.90 Å². The van der Waals surface area contributed by atoms with Crippen LogP contribution in [0.2, 0.25) is 0 Å². The molecule has 5 heteroatoms. The predicted molar refractivity (Wildman–Crippen MR) is 139 cm³/mol. The molecule has 2 fully saturated rings. The van der Waals surface area contributed by atoms with E-state index in [1.807, 2.05) is 12.1 Å². The lowest BCUT2D eigenvalue weighted by molar-refractivity contribution is -0.141. The summed E-state index contributed by atoms with van der Waals surface area (Å²) in [7, 11) is 3.47. The van der Waals surface area contributed by atoms with Gasteiger partial charge in [-0.1, -0.05) is 37.5 Å². The number of ether oxygens (including phenoxy) is 3. The third kappa shape index (κ3) is 4.59. The third-order valence-corrected chi connectivity index (χ3v) is 8.95. The van der Waals surface area contributed by atoms with Crippen LogP contribution in [-0.4, -0.2) is 45.3 Å². The van der Waals surface area contributed by atoms with Crippen LogP contribution in [0, 0.1) is 11.8 Å². The lowest BCUT2D eigenvalue weighted by Crippen LogP contribution is -2.45. The molecule has 2 aromatic rings. The van der Waals surface area contributed by atoms with E-state index in [2.05, 4.69) is 42.2 Å². The number of phenols is 1. The zero-order valence-electron chi connectivity index (χ0n) is 21.5. The molecule has 1 saturated heterocycles. The number of benzene rings is 2. The minimum atomic E-state index is -0.161. The Morgan fingerprint density at radius 1 is 0.943 bits per heavy atom. The quantitative estimate of drug-likeness (QED) is 0.501. The van der Waals surface area contributed by atoms with Crippen molar-refractivity contribution in [3.63, 3.8) is 0 Å². The van der Waals surface area contributed by atoms with E-state index in [0.717, 1.165) is 31.5 Å². The van der Waals surface area contributed by atoms with Gasteiger partial charge in [-0.15, -0.1) is 0 Å². The lowest BCUT2D eigenvalue weighted by Gasteiger charge is -2.48. The molecule has 35 heavy (non-hydrogen) atoms. The molecule has 2 aromatic carbocycles. The molecule has 0 aromatic heterocycles. The van der Waals surface area contributed by atoms with Crippen LogP contribution in [0.1, 0.15) is 74.7 Å². The number of fused-ring (bicyclic) bond motifs is 1. The van der Waals surface area contributed by atoms with Gasteiger partial charge in [0, 0.05) is 44.3 Å². The van der Waals surface area contributed by atoms with Crippen molar-refractivity contribution in [2.75, 3.05) is 38.8 Å². The van der Waals surface area contributed by atoms with Crippen LogP contribution in [0.15, 0.2) is 42.5 Å². The number of anilines is 1. The minimum absolute atomic E-state index is 0.00240. The summed E-state index contributed by atoms with van der Waals surface area (Å²) in [6.45, 7) is 4.84. The Bertz CT molecular complexity index is 974. The van der Waals surface area contributed by atoms with Gasteiger partial charge in [0.15, 0.2) is 6.29 Å². The number of hydrogen-bond donors (Lipinski definition) is 1. The molecule has 190 valence electrons. The highest BCUT2D eigenvalue weighted by Crippen LogP contribution is 2.52. The van der Waals surface area contributed by atoms with E-state index in [0.29, 0.717) is 24.2 Å². The lowest BCUT2D eigenvalue weighted by atomic mass is 9.60. The van der Waals surface area contributed by atoms with Gasteiger partial charge in [-0.3, -0.25) is 0 Å².